The zero-order valence-electron chi connectivity index (χ0n) is 18.9. The molecule has 0 atom stereocenters. The van der Waals surface area contributed by atoms with Crippen LogP contribution in [-0.2, 0) is 19.8 Å². The lowest BCUT2D eigenvalue weighted by molar-refractivity contribution is -0.134. The number of carbonyl (C=O) groups excluding carboxylic acids is 3. The van der Waals surface area contributed by atoms with Gasteiger partial charge in [-0.1, -0.05) is 32.9 Å². The van der Waals surface area contributed by atoms with Crippen molar-refractivity contribution in [1.82, 2.24) is 9.80 Å². The van der Waals surface area contributed by atoms with Gasteiger partial charge >= 0.3 is 0 Å². The summed E-state index contributed by atoms with van der Waals surface area (Å²) in [4.78, 5) is 39.4. The fourth-order valence-electron chi connectivity index (χ4n) is 3.48. The van der Waals surface area contributed by atoms with Crippen LogP contribution in [0, 0.1) is 0 Å². The Morgan fingerprint density at radius 1 is 0.867 bits per heavy atom. The van der Waals surface area contributed by atoms with Crippen molar-refractivity contribution < 1.29 is 19.1 Å². The van der Waals surface area contributed by atoms with Crippen LogP contribution in [0.4, 0.5) is 0 Å². The Balaban J connectivity index is 1.70. The van der Waals surface area contributed by atoms with Crippen LogP contribution in [0.3, 0.4) is 0 Å². The third kappa shape index (κ3) is 7.81. The highest BCUT2D eigenvalue weighted by atomic mass is 16.5. The van der Waals surface area contributed by atoms with Gasteiger partial charge in [-0.15, -0.1) is 0 Å². The second kappa shape index (κ2) is 11.1. The first-order valence-electron chi connectivity index (χ1n) is 10.9. The van der Waals surface area contributed by atoms with Gasteiger partial charge in [0.05, 0.1) is 6.61 Å². The highest BCUT2D eigenvalue weighted by molar-refractivity contribution is 5.83. The largest absolute Gasteiger partial charge is 0.494 e. The van der Waals surface area contributed by atoms with E-state index in [9.17, 15) is 14.4 Å². The summed E-state index contributed by atoms with van der Waals surface area (Å²) in [7, 11) is 0. The van der Waals surface area contributed by atoms with E-state index in [1.165, 1.54) is 12.5 Å². The number of amides is 2. The van der Waals surface area contributed by atoms with E-state index in [1.807, 2.05) is 17.0 Å². The Morgan fingerprint density at radius 2 is 1.43 bits per heavy atom. The number of rotatable bonds is 8. The maximum atomic E-state index is 12.5. The van der Waals surface area contributed by atoms with E-state index in [2.05, 4.69) is 32.9 Å². The summed E-state index contributed by atoms with van der Waals surface area (Å²) >= 11 is 0. The van der Waals surface area contributed by atoms with E-state index in [1.54, 1.807) is 4.90 Å². The summed E-state index contributed by atoms with van der Waals surface area (Å²) < 4.78 is 5.78. The zero-order valence-corrected chi connectivity index (χ0v) is 18.9. The van der Waals surface area contributed by atoms with Gasteiger partial charge in [0.2, 0.25) is 11.8 Å². The van der Waals surface area contributed by atoms with Crippen LogP contribution >= 0.6 is 0 Å². The Hall–Kier alpha value is -2.37. The summed E-state index contributed by atoms with van der Waals surface area (Å²) in [6, 6.07) is 8.13. The summed E-state index contributed by atoms with van der Waals surface area (Å²) in [6.07, 6.45) is 2.43. The molecule has 0 unspecified atom stereocenters. The van der Waals surface area contributed by atoms with Gasteiger partial charge in [-0.25, -0.2) is 0 Å². The van der Waals surface area contributed by atoms with Gasteiger partial charge in [-0.2, -0.15) is 0 Å². The van der Waals surface area contributed by atoms with E-state index in [-0.39, 0.29) is 35.9 Å². The average molecular weight is 417 g/mol. The standard InChI is InChI=1S/C24H36N2O4/c1-19(27)8-13-23(29)26-15-6-14-25(16-17-26)22(28)7-5-18-30-21-11-9-20(10-12-21)24(2,3)4/h9-12H,5-8,13-18H2,1-4H3. The molecule has 166 valence electrons. The summed E-state index contributed by atoms with van der Waals surface area (Å²) in [5, 5.41) is 0. The van der Waals surface area contributed by atoms with Crippen molar-refractivity contribution in [2.75, 3.05) is 32.8 Å². The van der Waals surface area contributed by atoms with Crippen LogP contribution in [0.25, 0.3) is 0 Å². The highest BCUT2D eigenvalue weighted by Gasteiger charge is 2.21. The molecule has 0 aromatic heterocycles. The SMILES string of the molecule is CC(=O)CCC(=O)N1CCCN(C(=O)CCCOc2ccc(C(C)(C)C)cc2)CC1. The average Bonchev–Trinajstić information content (AvgIpc) is 2.95. The Kier molecular flexibility index (Phi) is 8.88. The van der Waals surface area contributed by atoms with E-state index in [0.717, 1.165) is 12.2 Å². The molecule has 2 rings (SSSR count). The quantitative estimate of drug-likeness (QED) is 0.608. The Morgan fingerprint density at radius 3 is 1.97 bits per heavy atom. The first-order chi connectivity index (χ1) is 14.2. The predicted molar refractivity (Wildman–Crippen MR) is 118 cm³/mol. The van der Waals surface area contributed by atoms with E-state index in [4.69, 9.17) is 4.74 Å². The fourth-order valence-corrected chi connectivity index (χ4v) is 3.48. The molecule has 0 spiro atoms. The molecule has 2 amide bonds. The van der Waals surface area contributed by atoms with Crippen molar-refractivity contribution in [2.45, 2.75) is 65.2 Å². The summed E-state index contributed by atoms with van der Waals surface area (Å²) in [6.45, 7) is 11.0. The third-order valence-corrected chi connectivity index (χ3v) is 5.42. The molecule has 0 aliphatic carbocycles. The first-order valence-corrected chi connectivity index (χ1v) is 10.9. The van der Waals surface area contributed by atoms with Crippen LogP contribution < -0.4 is 4.74 Å². The second-order valence-corrected chi connectivity index (χ2v) is 9.04. The number of benzene rings is 1. The number of nitrogens with zero attached hydrogens (tertiary/aromatic N) is 2. The smallest absolute Gasteiger partial charge is 0.223 e. The lowest BCUT2D eigenvalue weighted by atomic mass is 9.87. The molecule has 30 heavy (non-hydrogen) atoms. The van der Waals surface area contributed by atoms with Crippen LogP contribution in [0.2, 0.25) is 0 Å². The van der Waals surface area contributed by atoms with Crippen LogP contribution in [0.1, 0.15) is 65.4 Å². The van der Waals surface area contributed by atoms with Crippen molar-refractivity contribution in [2.24, 2.45) is 0 Å². The first kappa shape index (κ1) is 23.9. The zero-order chi connectivity index (χ0) is 22.1. The molecule has 1 heterocycles. The molecule has 0 bridgehead atoms. The van der Waals surface area contributed by atoms with Crippen LogP contribution in [0.5, 0.6) is 5.75 Å². The predicted octanol–water partition coefficient (Wildman–Crippen LogP) is 3.57. The molecule has 6 heteroatoms. The maximum Gasteiger partial charge on any atom is 0.223 e. The molecule has 0 N–H and O–H groups in total. The monoisotopic (exact) mass is 416 g/mol. The number of hydrogen-bond acceptors (Lipinski definition) is 4. The van der Waals surface area contributed by atoms with Crippen LogP contribution in [0.15, 0.2) is 24.3 Å². The number of ketones is 1. The Labute approximate surface area is 180 Å². The van der Waals surface area contributed by atoms with Gasteiger partial charge in [0.25, 0.3) is 0 Å². The van der Waals surface area contributed by atoms with Crippen molar-refractivity contribution in [3.63, 3.8) is 0 Å². The van der Waals surface area contributed by atoms with Crippen molar-refractivity contribution in [1.29, 1.82) is 0 Å². The minimum absolute atomic E-state index is 0.00498. The minimum atomic E-state index is 0.00498. The molecule has 6 nitrogen and oxygen atoms in total. The lowest BCUT2D eigenvalue weighted by Crippen LogP contribution is -2.37. The van der Waals surface area contributed by atoms with Crippen LogP contribution in [-0.4, -0.2) is 60.2 Å². The van der Waals surface area contributed by atoms with Gasteiger partial charge in [0, 0.05) is 45.4 Å². The molecule has 0 saturated carbocycles. The topological polar surface area (TPSA) is 66.9 Å². The summed E-state index contributed by atoms with van der Waals surface area (Å²) in [5.41, 5.74) is 1.38. The molecule has 1 aromatic carbocycles. The molecule has 1 fully saturated rings. The fraction of sp³-hybridized carbons (Fsp3) is 0.625. The number of hydrogen-bond donors (Lipinski definition) is 0. The van der Waals surface area contributed by atoms with E-state index >= 15 is 0 Å². The number of carbonyl (C=O) groups is 3. The van der Waals surface area contributed by atoms with E-state index < -0.39 is 0 Å². The lowest BCUT2D eigenvalue weighted by Gasteiger charge is -2.22. The molecular weight excluding hydrogens is 380 g/mol. The van der Waals surface area contributed by atoms with Crippen molar-refractivity contribution in [3.8, 4) is 5.75 Å². The van der Waals surface area contributed by atoms with Crippen molar-refractivity contribution in [3.05, 3.63) is 29.8 Å². The van der Waals surface area contributed by atoms with Gasteiger partial charge in [0.1, 0.15) is 11.5 Å². The highest BCUT2D eigenvalue weighted by Crippen LogP contribution is 2.24. The van der Waals surface area contributed by atoms with E-state index in [0.29, 0.717) is 45.6 Å². The molecule has 1 aliphatic heterocycles. The Bertz CT molecular complexity index is 722. The summed E-state index contributed by atoms with van der Waals surface area (Å²) in [5.74, 6) is 0.970. The van der Waals surface area contributed by atoms with Crippen molar-refractivity contribution >= 4 is 17.6 Å². The van der Waals surface area contributed by atoms with Gasteiger partial charge < -0.3 is 19.3 Å². The third-order valence-electron chi connectivity index (χ3n) is 5.42. The maximum absolute atomic E-state index is 12.5. The minimum Gasteiger partial charge on any atom is -0.494 e. The second-order valence-electron chi connectivity index (χ2n) is 9.04. The van der Waals surface area contributed by atoms with Gasteiger partial charge in [0.15, 0.2) is 0 Å². The molecule has 1 aliphatic rings. The van der Waals surface area contributed by atoms with Gasteiger partial charge in [-0.05, 0) is 42.9 Å². The molecule has 1 saturated heterocycles. The van der Waals surface area contributed by atoms with Gasteiger partial charge in [-0.3, -0.25) is 9.59 Å². The number of Topliss-reactive ketones (excluding diaryl/α,β-unsaturated/α-hetero) is 1. The molecule has 0 radical (unpaired) electrons. The molecule has 1 aromatic rings. The molecular formula is C24H36N2O4. The number of ether oxygens (including phenoxy) is 1. The normalized spacial score (nSPS) is 14.9.